The average molecular weight is 647 g/mol. The van der Waals surface area contributed by atoms with Crippen LogP contribution in [-0.4, -0.2) is 0 Å². The van der Waals surface area contributed by atoms with Crippen LogP contribution >= 0.6 is 11.3 Å². The minimum atomic E-state index is -4.53. The van der Waals surface area contributed by atoms with Crippen LogP contribution in [0.2, 0.25) is 0 Å². The van der Waals surface area contributed by atoms with Gasteiger partial charge in [0.15, 0.2) is 0 Å². The van der Waals surface area contributed by atoms with Crippen molar-refractivity contribution in [2.75, 3.05) is 0 Å². The highest BCUT2D eigenvalue weighted by atomic mass is 32.1. The third kappa shape index (κ3) is 4.63. The lowest BCUT2D eigenvalue weighted by Crippen LogP contribution is -2.05. The Labute approximate surface area is 279 Å². The van der Waals surface area contributed by atoms with E-state index in [1.807, 2.05) is 44.2 Å². The summed E-state index contributed by atoms with van der Waals surface area (Å²) in [5.41, 5.74) is 9.25. The van der Waals surface area contributed by atoms with Crippen molar-refractivity contribution < 1.29 is 13.2 Å². The summed E-state index contributed by atoms with van der Waals surface area (Å²) in [5, 5.41) is 20.3. The molecule has 0 N–H and O–H groups in total. The molecule has 1 heterocycles. The van der Waals surface area contributed by atoms with Crippen LogP contribution in [0.5, 0.6) is 0 Å². The van der Waals surface area contributed by atoms with E-state index in [0.717, 1.165) is 60.8 Å². The molecule has 0 amide bonds. The van der Waals surface area contributed by atoms with Gasteiger partial charge in [0.2, 0.25) is 0 Å². The van der Waals surface area contributed by atoms with E-state index in [1.54, 1.807) is 25.1 Å². The van der Waals surface area contributed by atoms with Crippen LogP contribution in [0.4, 0.5) is 13.2 Å². The predicted molar refractivity (Wildman–Crippen MR) is 182 cm³/mol. The molecule has 0 fully saturated rings. The number of alkyl halides is 3. The van der Waals surface area contributed by atoms with E-state index in [1.165, 1.54) is 11.3 Å². The number of benzene rings is 4. The van der Waals surface area contributed by atoms with E-state index in [0.29, 0.717) is 44.5 Å². The molecule has 0 spiro atoms. The van der Waals surface area contributed by atoms with Crippen LogP contribution in [0.1, 0.15) is 44.5 Å². The summed E-state index contributed by atoms with van der Waals surface area (Å²) >= 11 is 1.46. The van der Waals surface area contributed by atoms with E-state index in [-0.39, 0.29) is 11.4 Å². The van der Waals surface area contributed by atoms with Gasteiger partial charge in [-0.05, 0) is 106 Å². The lowest BCUT2D eigenvalue weighted by molar-refractivity contribution is -0.137. The van der Waals surface area contributed by atoms with Gasteiger partial charge in [0, 0.05) is 20.9 Å². The number of nitriles is 2. The molecule has 0 saturated heterocycles. The van der Waals surface area contributed by atoms with Crippen molar-refractivity contribution in [3.05, 3.63) is 152 Å². The summed E-state index contributed by atoms with van der Waals surface area (Å²) < 4.78 is 41.1. The summed E-state index contributed by atoms with van der Waals surface area (Å²) in [6.45, 7) is 21.5. The van der Waals surface area contributed by atoms with E-state index >= 15 is 0 Å². The van der Waals surface area contributed by atoms with E-state index < -0.39 is 11.7 Å². The summed E-state index contributed by atoms with van der Waals surface area (Å²) in [6.07, 6.45) is -4.53. The van der Waals surface area contributed by atoms with Gasteiger partial charge in [0.25, 0.3) is 11.4 Å². The Morgan fingerprint density at radius 1 is 0.604 bits per heavy atom. The number of rotatable bonds is 2. The van der Waals surface area contributed by atoms with Crippen molar-refractivity contribution in [1.29, 1.82) is 10.5 Å². The molecule has 0 unspecified atom stereocenters. The fourth-order valence-corrected chi connectivity index (χ4v) is 8.23. The highest BCUT2D eigenvalue weighted by Crippen LogP contribution is 2.61. The van der Waals surface area contributed by atoms with Crippen molar-refractivity contribution in [1.82, 2.24) is 0 Å². The van der Waals surface area contributed by atoms with E-state index in [9.17, 15) is 23.7 Å². The molecule has 5 aromatic rings. The second kappa shape index (κ2) is 11.0. The van der Waals surface area contributed by atoms with Crippen LogP contribution in [0, 0.1) is 56.6 Å². The zero-order chi connectivity index (χ0) is 34.1. The van der Waals surface area contributed by atoms with Gasteiger partial charge in [-0.3, -0.25) is 0 Å². The molecule has 1 aromatic heterocycles. The van der Waals surface area contributed by atoms with Crippen molar-refractivity contribution in [2.45, 2.75) is 26.9 Å². The minimum absolute atomic E-state index is 0.107. The Morgan fingerprint density at radius 2 is 1.04 bits per heavy atom. The zero-order valence-corrected chi connectivity index (χ0v) is 26.6. The van der Waals surface area contributed by atoms with Crippen LogP contribution in [0.3, 0.4) is 0 Å². The maximum absolute atomic E-state index is 13.7. The Kier molecular flexibility index (Phi) is 6.96. The summed E-state index contributed by atoms with van der Waals surface area (Å²) in [5.74, 6) is 0. The number of allylic oxidation sites excluding steroid dienone is 2. The van der Waals surface area contributed by atoms with Gasteiger partial charge in [-0.2, -0.15) is 13.2 Å². The number of aryl methyl sites for hydroxylation is 3. The van der Waals surface area contributed by atoms with Gasteiger partial charge < -0.3 is 0 Å². The quantitative estimate of drug-likeness (QED) is 0.139. The number of halogens is 3. The average Bonchev–Trinajstić information content (AvgIpc) is 3.67. The molecular weight excluding hydrogens is 626 g/mol. The highest BCUT2D eigenvalue weighted by Gasteiger charge is 2.40. The number of nitrogens with zero attached hydrogens (tertiary/aromatic N) is 4. The Hall–Kier alpha value is -6.19. The predicted octanol–water partition coefficient (Wildman–Crippen LogP) is 11.4. The van der Waals surface area contributed by atoms with Gasteiger partial charge in [0.1, 0.15) is 0 Å². The third-order valence-electron chi connectivity index (χ3n) is 8.68. The number of fused-ring (bicyclic) bond motifs is 7. The molecule has 4 nitrogen and oxygen atoms in total. The SMILES string of the molecule is [C-]#[N+]/C(C#N)=C1/c2cc(-c3cc(C)cc(C(F)(F)F)c3)ccc2-c2sc3c(c21)/C(=C(\C#N)[N+]#[C-])c1cc(-c2cc(C)cc(C)c2)ccc1-3. The zero-order valence-electron chi connectivity index (χ0n) is 25.8. The summed E-state index contributed by atoms with van der Waals surface area (Å²) in [4.78, 5) is 8.78. The molecule has 2 aliphatic rings. The monoisotopic (exact) mass is 646 g/mol. The van der Waals surface area contributed by atoms with Crippen molar-refractivity contribution in [2.24, 2.45) is 0 Å². The molecule has 228 valence electrons. The Morgan fingerprint density at radius 3 is 1.46 bits per heavy atom. The second-order valence-electron chi connectivity index (χ2n) is 11.9. The number of hydrogen-bond donors (Lipinski definition) is 0. The molecule has 0 bridgehead atoms. The lowest BCUT2D eigenvalue weighted by atomic mass is 9.92. The maximum Gasteiger partial charge on any atom is 0.416 e. The standard InChI is InChI=1S/C40H21F3N4S/c1-20-10-21(2)12-25(11-20)23-6-8-28-30(16-23)34(32(18-44)46-4)36-37-35(33(19-45)47-5)31-17-24(7-9-29(31)39(37)48-38(28)36)26-13-22(3)14-27(15-26)40(41,42)43/h6-17H,1-3H3/b34-32+,35-33-. The first-order valence-corrected chi connectivity index (χ1v) is 15.6. The van der Waals surface area contributed by atoms with E-state index in [2.05, 4.69) is 34.0 Å². The summed E-state index contributed by atoms with van der Waals surface area (Å²) in [7, 11) is 0. The Bertz CT molecular complexity index is 2470. The van der Waals surface area contributed by atoms with Crippen molar-refractivity contribution in [3.63, 3.8) is 0 Å². The fraction of sp³-hybridized carbons (Fsp3) is 0.100. The number of hydrogen-bond acceptors (Lipinski definition) is 3. The van der Waals surface area contributed by atoms with E-state index in [4.69, 9.17) is 13.1 Å². The molecule has 0 aliphatic heterocycles. The van der Waals surface area contributed by atoms with Crippen LogP contribution in [0.25, 0.3) is 64.0 Å². The first kappa shape index (κ1) is 30.5. The van der Waals surface area contributed by atoms with Crippen molar-refractivity contribution >= 4 is 22.5 Å². The molecule has 4 aromatic carbocycles. The van der Waals surface area contributed by atoms with Crippen molar-refractivity contribution in [3.8, 4) is 55.3 Å². The van der Waals surface area contributed by atoms with Gasteiger partial charge in [0.05, 0.1) is 30.8 Å². The molecule has 7 rings (SSSR count). The maximum atomic E-state index is 13.7. The van der Waals surface area contributed by atoms with Gasteiger partial charge >= 0.3 is 6.18 Å². The molecule has 2 aliphatic carbocycles. The molecule has 48 heavy (non-hydrogen) atoms. The normalized spacial score (nSPS) is 14.5. The third-order valence-corrected chi connectivity index (χ3v) is 9.93. The van der Waals surface area contributed by atoms with Gasteiger partial charge in [-0.25, -0.2) is 20.2 Å². The largest absolute Gasteiger partial charge is 0.416 e. The first-order chi connectivity index (χ1) is 23.0. The smallest absolute Gasteiger partial charge is 0.226 e. The molecule has 8 heteroatoms. The molecule has 0 radical (unpaired) electrons. The fourth-order valence-electron chi connectivity index (χ4n) is 6.83. The molecule has 0 atom stereocenters. The number of thiophene rings is 1. The Balaban J connectivity index is 1.48. The first-order valence-electron chi connectivity index (χ1n) is 14.8. The van der Waals surface area contributed by atoms with Crippen LogP contribution in [0.15, 0.2) is 84.2 Å². The molecular formula is C40H21F3N4S. The minimum Gasteiger partial charge on any atom is -0.226 e. The summed E-state index contributed by atoms with van der Waals surface area (Å²) in [6, 6.07) is 25.5. The van der Waals surface area contributed by atoms with Crippen LogP contribution in [-0.2, 0) is 6.18 Å². The molecule has 0 saturated carbocycles. The second-order valence-corrected chi connectivity index (χ2v) is 12.9. The van der Waals surface area contributed by atoms with Crippen LogP contribution < -0.4 is 0 Å². The topological polar surface area (TPSA) is 56.3 Å². The lowest BCUT2D eigenvalue weighted by Gasteiger charge is -2.13. The van der Waals surface area contributed by atoms with Gasteiger partial charge in [-0.15, -0.1) is 11.3 Å². The van der Waals surface area contributed by atoms with Gasteiger partial charge in [-0.1, -0.05) is 59.7 Å². The highest BCUT2D eigenvalue weighted by molar-refractivity contribution is 7.20.